The first-order chi connectivity index (χ1) is 8.80. The topological polar surface area (TPSA) is 75.6 Å². The zero-order valence-electron chi connectivity index (χ0n) is 11.5. The normalized spacial score (nSPS) is 12.6. The molecular formula is C13H21NO4S. The van der Waals surface area contributed by atoms with Crippen LogP contribution in [0.1, 0.15) is 19.4 Å². The van der Waals surface area contributed by atoms with Gasteiger partial charge in [0.2, 0.25) is 10.0 Å². The summed E-state index contributed by atoms with van der Waals surface area (Å²) in [6, 6.07) is 6.48. The van der Waals surface area contributed by atoms with Crippen LogP contribution in [0, 0.1) is 0 Å². The summed E-state index contributed by atoms with van der Waals surface area (Å²) in [7, 11) is -2.04. The molecule has 0 bridgehead atoms. The predicted molar refractivity (Wildman–Crippen MR) is 73.5 cm³/mol. The van der Waals surface area contributed by atoms with Crippen LogP contribution in [-0.4, -0.2) is 39.4 Å². The summed E-state index contributed by atoms with van der Waals surface area (Å²) < 4.78 is 31.9. The van der Waals surface area contributed by atoms with Crippen molar-refractivity contribution in [3.8, 4) is 0 Å². The minimum Gasteiger partial charge on any atom is -0.396 e. The Morgan fingerprint density at radius 1 is 1.26 bits per heavy atom. The van der Waals surface area contributed by atoms with E-state index in [1.54, 1.807) is 26.0 Å². The van der Waals surface area contributed by atoms with Crippen LogP contribution in [0.25, 0.3) is 0 Å². The Morgan fingerprint density at radius 2 is 1.84 bits per heavy atom. The second kappa shape index (κ2) is 6.47. The number of hydrogen-bond acceptors (Lipinski definition) is 4. The van der Waals surface area contributed by atoms with Crippen molar-refractivity contribution in [3.05, 3.63) is 29.8 Å². The third kappa shape index (κ3) is 4.91. The van der Waals surface area contributed by atoms with E-state index in [-0.39, 0.29) is 18.1 Å². The maximum atomic E-state index is 12.2. The van der Waals surface area contributed by atoms with Gasteiger partial charge in [0.15, 0.2) is 0 Å². The highest BCUT2D eigenvalue weighted by Gasteiger charge is 2.26. The summed E-state index contributed by atoms with van der Waals surface area (Å²) in [4.78, 5) is 0.207. The molecule has 0 fully saturated rings. The molecule has 0 saturated heterocycles. The molecule has 6 heteroatoms. The molecule has 1 rings (SSSR count). The summed E-state index contributed by atoms with van der Waals surface area (Å²) in [5, 5.41) is 8.82. The fourth-order valence-corrected chi connectivity index (χ4v) is 3.18. The van der Waals surface area contributed by atoms with Gasteiger partial charge in [0.05, 0.1) is 17.0 Å². The lowest BCUT2D eigenvalue weighted by Gasteiger charge is -2.24. The highest BCUT2D eigenvalue weighted by Crippen LogP contribution is 2.14. The first-order valence-corrected chi connectivity index (χ1v) is 7.52. The van der Waals surface area contributed by atoms with Gasteiger partial charge in [-0.25, -0.2) is 13.1 Å². The molecule has 108 valence electrons. The van der Waals surface area contributed by atoms with Crippen LogP contribution in [0.2, 0.25) is 0 Å². The van der Waals surface area contributed by atoms with Gasteiger partial charge in [-0.3, -0.25) is 0 Å². The van der Waals surface area contributed by atoms with Gasteiger partial charge in [-0.15, -0.1) is 0 Å². The molecule has 1 aromatic rings. The fraction of sp³-hybridized carbons (Fsp3) is 0.538. The molecule has 0 saturated carbocycles. The van der Waals surface area contributed by atoms with E-state index in [1.165, 1.54) is 19.2 Å². The number of ether oxygens (including phenoxy) is 1. The third-order valence-electron chi connectivity index (χ3n) is 2.55. The largest absolute Gasteiger partial charge is 0.396 e. The maximum absolute atomic E-state index is 12.2. The summed E-state index contributed by atoms with van der Waals surface area (Å²) >= 11 is 0. The number of hydrogen-bond donors (Lipinski definition) is 2. The SMILES string of the molecule is COCC(C)(C)NS(=O)(=O)c1ccc(CCO)cc1. The van der Waals surface area contributed by atoms with Crippen molar-refractivity contribution in [3.63, 3.8) is 0 Å². The Morgan fingerprint density at radius 3 is 2.32 bits per heavy atom. The molecule has 0 aliphatic carbocycles. The highest BCUT2D eigenvalue weighted by molar-refractivity contribution is 7.89. The molecule has 0 aromatic heterocycles. The predicted octanol–water partition coefficient (Wildman–Crippen LogP) is 0.925. The van der Waals surface area contributed by atoms with Crippen LogP contribution in [0.4, 0.5) is 0 Å². The highest BCUT2D eigenvalue weighted by atomic mass is 32.2. The van der Waals surface area contributed by atoms with Crippen molar-refractivity contribution in [2.75, 3.05) is 20.3 Å². The fourth-order valence-electron chi connectivity index (χ4n) is 1.78. The summed E-state index contributed by atoms with van der Waals surface area (Å²) in [6.07, 6.45) is 0.517. The number of benzene rings is 1. The number of sulfonamides is 1. The molecule has 0 amide bonds. The average molecular weight is 287 g/mol. The molecule has 1 aromatic carbocycles. The molecule has 0 radical (unpaired) electrons. The van der Waals surface area contributed by atoms with Crippen LogP contribution in [-0.2, 0) is 21.2 Å². The van der Waals surface area contributed by atoms with Gasteiger partial charge in [0.25, 0.3) is 0 Å². The number of methoxy groups -OCH3 is 1. The zero-order valence-corrected chi connectivity index (χ0v) is 12.3. The molecule has 0 spiro atoms. The Hall–Kier alpha value is -0.950. The van der Waals surface area contributed by atoms with Crippen LogP contribution >= 0.6 is 0 Å². The molecule has 0 aliphatic rings. The van der Waals surface area contributed by atoms with Gasteiger partial charge in [-0.05, 0) is 38.0 Å². The van der Waals surface area contributed by atoms with Crippen LogP contribution in [0.3, 0.4) is 0 Å². The Labute approximate surface area is 114 Å². The Balaban J connectivity index is 2.88. The van der Waals surface area contributed by atoms with Gasteiger partial charge < -0.3 is 9.84 Å². The second-order valence-corrected chi connectivity index (χ2v) is 6.72. The Kier molecular flexibility index (Phi) is 5.49. The first-order valence-electron chi connectivity index (χ1n) is 6.03. The molecule has 0 atom stereocenters. The monoisotopic (exact) mass is 287 g/mol. The van der Waals surface area contributed by atoms with E-state index < -0.39 is 15.6 Å². The number of aliphatic hydroxyl groups is 1. The van der Waals surface area contributed by atoms with E-state index >= 15 is 0 Å². The Bertz CT molecular complexity index is 494. The maximum Gasteiger partial charge on any atom is 0.241 e. The minimum atomic E-state index is -3.56. The molecule has 0 aliphatic heterocycles. The van der Waals surface area contributed by atoms with Crippen molar-refractivity contribution in [2.24, 2.45) is 0 Å². The lowest BCUT2D eigenvalue weighted by molar-refractivity contribution is 0.141. The number of nitrogens with one attached hydrogen (secondary N) is 1. The van der Waals surface area contributed by atoms with E-state index in [9.17, 15) is 8.42 Å². The van der Waals surface area contributed by atoms with Crippen molar-refractivity contribution < 1.29 is 18.3 Å². The standard InChI is InChI=1S/C13H21NO4S/c1-13(2,10-18-3)14-19(16,17)12-6-4-11(5-7-12)8-9-15/h4-7,14-15H,8-10H2,1-3H3. The first kappa shape index (κ1) is 16.1. The van der Waals surface area contributed by atoms with Crippen LogP contribution < -0.4 is 4.72 Å². The van der Waals surface area contributed by atoms with Gasteiger partial charge in [-0.2, -0.15) is 0 Å². The third-order valence-corrected chi connectivity index (χ3v) is 4.26. The van der Waals surface area contributed by atoms with Gasteiger partial charge in [0, 0.05) is 13.7 Å². The van der Waals surface area contributed by atoms with Crippen molar-refractivity contribution in [1.82, 2.24) is 4.72 Å². The van der Waals surface area contributed by atoms with Crippen molar-refractivity contribution in [1.29, 1.82) is 0 Å². The van der Waals surface area contributed by atoms with E-state index in [0.717, 1.165) is 5.56 Å². The quantitative estimate of drug-likeness (QED) is 0.782. The molecule has 19 heavy (non-hydrogen) atoms. The van der Waals surface area contributed by atoms with Crippen molar-refractivity contribution in [2.45, 2.75) is 30.7 Å². The van der Waals surface area contributed by atoms with Gasteiger partial charge in [0.1, 0.15) is 0 Å². The second-order valence-electron chi connectivity index (χ2n) is 5.04. The van der Waals surface area contributed by atoms with E-state index in [0.29, 0.717) is 6.42 Å². The molecular weight excluding hydrogens is 266 g/mol. The minimum absolute atomic E-state index is 0.0468. The summed E-state index contributed by atoms with van der Waals surface area (Å²) in [5.74, 6) is 0. The molecule has 0 heterocycles. The van der Waals surface area contributed by atoms with Gasteiger partial charge in [-0.1, -0.05) is 12.1 Å². The van der Waals surface area contributed by atoms with E-state index in [4.69, 9.17) is 9.84 Å². The lowest BCUT2D eigenvalue weighted by Crippen LogP contribution is -2.46. The van der Waals surface area contributed by atoms with Crippen molar-refractivity contribution >= 4 is 10.0 Å². The van der Waals surface area contributed by atoms with Crippen LogP contribution in [0.5, 0.6) is 0 Å². The summed E-state index contributed by atoms with van der Waals surface area (Å²) in [6.45, 7) is 3.85. The summed E-state index contributed by atoms with van der Waals surface area (Å²) in [5.41, 5.74) is 0.231. The average Bonchev–Trinajstić information content (AvgIpc) is 2.28. The molecule has 0 unspecified atom stereocenters. The number of rotatable bonds is 7. The molecule has 2 N–H and O–H groups in total. The van der Waals surface area contributed by atoms with E-state index in [1.807, 2.05) is 0 Å². The van der Waals surface area contributed by atoms with Crippen LogP contribution in [0.15, 0.2) is 29.2 Å². The lowest BCUT2D eigenvalue weighted by atomic mass is 10.1. The van der Waals surface area contributed by atoms with E-state index in [2.05, 4.69) is 4.72 Å². The smallest absolute Gasteiger partial charge is 0.241 e. The zero-order chi connectivity index (χ0) is 14.5. The number of aliphatic hydroxyl groups excluding tert-OH is 1. The molecule has 5 nitrogen and oxygen atoms in total. The van der Waals surface area contributed by atoms with Gasteiger partial charge >= 0.3 is 0 Å².